The zero-order valence-corrected chi connectivity index (χ0v) is 20.8. The summed E-state index contributed by atoms with van der Waals surface area (Å²) < 4.78 is 10.7. The molecular weight excluding hydrogens is 462 g/mol. The molecule has 4 aromatic carbocycles. The van der Waals surface area contributed by atoms with Crippen LogP contribution >= 0.6 is 0 Å². The maximum atomic E-state index is 13.0. The van der Waals surface area contributed by atoms with E-state index in [-0.39, 0.29) is 11.9 Å². The summed E-state index contributed by atoms with van der Waals surface area (Å²) in [5.74, 6) is 0.871. The lowest BCUT2D eigenvalue weighted by Gasteiger charge is -2.27. The third-order valence-electron chi connectivity index (χ3n) is 7.17. The third kappa shape index (κ3) is 4.68. The molecule has 1 saturated heterocycles. The van der Waals surface area contributed by atoms with Gasteiger partial charge in [0, 0.05) is 25.1 Å². The van der Waals surface area contributed by atoms with Gasteiger partial charge in [0.05, 0.1) is 37.8 Å². The summed E-state index contributed by atoms with van der Waals surface area (Å²) in [7, 11) is 1.67. The van der Waals surface area contributed by atoms with E-state index in [0.717, 1.165) is 29.1 Å². The molecule has 186 valence electrons. The Hall–Kier alpha value is -4.16. The summed E-state index contributed by atoms with van der Waals surface area (Å²) >= 11 is 0. The van der Waals surface area contributed by atoms with Gasteiger partial charge >= 0.3 is 0 Å². The van der Waals surface area contributed by atoms with Crippen LogP contribution in [-0.4, -0.2) is 49.9 Å². The number of morpholine rings is 1. The van der Waals surface area contributed by atoms with Gasteiger partial charge in [0.15, 0.2) is 0 Å². The number of nitrogens with zero attached hydrogens (tertiary/aromatic N) is 3. The van der Waals surface area contributed by atoms with Gasteiger partial charge in [-0.05, 0) is 76.5 Å². The molecule has 0 aromatic heterocycles. The van der Waals surface area contributed by atoms with Crippen LogP contribution in [0.2, 0.25) is 0 Å². The molecule has 0 bridgehead atoms. The highest BCUT2D eigenvalue weighted by Crippen LogP contribution is 2.38. The molecule has 37 heavy (non-hydrogen) atoms. The fourth-order valence-electron chi connectivity index (χ4n) is 5.09. The fraction of sp³-hybridized carbons (Fsp3) is 0.226. The number of hydrogen-bond acceptors (Lipinski definition) is 5. The lowest BCUT2D eigenvalue weighted by molar-refractivity contribution is 0.0303. The van der Waals surface area contributed by atoms with E-state index in [9.17, 15) is 4.79 Å². The lowest BCUT2D eigenvalue weighted by Crippen LogP contribution is -2.40. The van der Waals surface area contributed by atoms with Crippen LogP contribution < -0.4 is 9.75 Å². The van der Waals surface area contributed by atoms with Gasteiger partial charge in [-0.3, -0.25) is 9.80 Å². The average Bonchev–Trinajstić information content (AvgIpc) is 3.43. The summed E-state index contributed by atoms with van der Waals surface area (Å²) in [5, 5.41) is 9.61. The Morgan fingerprint density at radius 2 is 1.62 bits per heavy atom. The first kappa shape index (κ1) is 23.3. The highest BCUT2D eigenvalue weighted by molar-refractivity contribution is 6.03. The van der Waals surface area contributed by atoms with E-state index in [0.29, 0.717) is 31.9 Å². The summed E-state index contributed by atoms with van der Waals surface area (Å²) in [5.41, 5.74) is 4.95. The third-order valence-corrected chi connectivity index (χ3v) is 7.17. The molecule has 0 spiro atoms. The number of fused-ring (bicyclic) bond motifs is 1. The second-order valence-electron chi connectivity index (χ2n) is 9.40. The smallest absolute Gasteiger partial charge is 0.254 e. The number of carbonyl (C=O) groups is 1. The standard InChI is InChI=1S/C31H29N3O3/c1-36-28-14-10-23(11-15-28)29-21-30(26-7-6-22-4-2-3-5-25(22)20-26)34(32-29)27-12-8-24(9-13-27)31(35)33-16-18-37-19-17-33/h2-15,20,30H,16-19,21H2,1H3. The molecule has 1 fully saturated rings. The van der Waals surface area contributed by atoms with Gasteiger partial charge in [-0.1, -0.05) is 36.4 Å². The monoisotopic (exact) mass is 491 g/mol. The molecule has 6 heteroatoms. The maximum absolute atomic E-state index is 13.0. The number of methoxy groups -OCH3 is 1. The minimum absolute atomic E-state index is 0.0440. The molecule has 1 amide bonds. The van der Waals surface area contributed by atoms with Crippen molar-refractivity contribution < 1.29 is 14.3 Å². The first-order valence-electron chi connectivity index (χ1n) is 12.7. The van der Waals surface area contributed by atoms with Crippen molar-refractivity contribution in [1.29, 1.82) is 0 Å². The Labute approximate surface area is 216 Å². The van der Waals surface area contributed by atoms with E-state index in [4.69, 9.17) is 14.6 Å². The van der Waals surface area contributed by atoms with Crippen LogP contribution in [0, 0.1) is 0 Å². The van der Waals surface area contributed by atoms with Crippen LogP contribution in [0.4, 0.5) is 5.69 Å². The zero-order valence-electron chi connectivity index (χ0n) is 20.8. The van der Waals surface area contributed by atoms with E-state index in [2.05, 4.69) is 59.6 Å². The minimum Gasteiger partial charge on any atom is -0.497 e. The molecule has 1 atom stereocenters. The maximum Gasteiger partial charge on any atom is 0.254 e. The van der Waals surface area contributed by atoms with Gasteiger partial charge < -0.3 is 14.4 Å². The number of amides is 1. The van der Waals surface area contributed by atoms with Gasteiger partial charge in [0.1, 0.15) is 5.75 Å². The second kappa shape index (κ2) is 10.1. The first-order chi connectivity index (χ1) is 18.2. The van der Waals surface area contributed by atoms with Crippen LogP contribution in [0.25, 0.3) is 10.8 Å². The second-order valence-corrected chi connectivity index (χ2v) is 9.40. The summed E-state index contributed by atoms with van der Waals surface area (Å²) in [6.07, 6.45) is 0.777. The van der Waals surface area contributed by atoms with Crippen molar-refractivity contribution in [1.82, 2.24) is 4.90 Å². The van der Waals surface area contributed by atoms with Crippen LogP contribution in [-0.2, 0) is 4.74 Å². The molecule has 1 unspecified atom stereocenters. The van der Waals surface area contributed by atoms with Crippen molar-refractivity contribution in [2.45, 2.75) is 12.5 Å². The van der Waals surface area contributed by atoms with Crippen molar-refractivity contribution in [3.63, 3.8) is 0 Å². The van der Waals surface area contributed by atoms with E-state index < -0.39 is 0 Å². The Balaban J connectivity index is 1.34. The largest absolute Gasteiger partial charge is 0.497 e. The molecule has 2 aliphatic rings. The van der Waals surface area contributed by atoms with Gasteiger partial charge in [0.2, 0.25) is 0 Å². The minimum atomic E-state index is 0.0440. The van der Waals surface area contributed by atoms with Crippen molar-refractivity contribution in [3.8, 4) is 5.75 Å². The Kier molecular flexibility index (Phi) is 6.33. The van der Waals surface area contributed by atoms with E-state index in [1.54, 1.807) is 7.11 Å². The van der Waals surface area contributed by atoms with E-state index in [1.165, 1.54) is 16.3 Å². The molecular formula is C31H29N3O3. The number of hydrazone groups is 1. The average molecular weight is 492 g/mol. The van der Waals surface area contributed by atoms with Crippen LogP contribution in [0.5, 0.6) is 5.75 Å². The fourth-order valence-corrected chi connectivity index (χ4v) is 5.09. The molecule has 0 radical (unpaired) electrons. The highest BCUT2D eigenvalue weighted by Gasteiger charge is 2.30. The van der Waals surface area contributed by atoms with Gasteiger partial charge in [-0.25, -0.2) is 0 Å². The lowest BCUT2D eigenvalue weighted by atomic mass is 9.96. The number of hydrogen-bond donors (Lipinski definition) is 0. The highest BCUT2D eigenvalue weighted by atomic mass is 16.5. The van der Waals surface area contributed by atoms with E-state index in [1.807, 2.05) is 41.3 Å². The molecule has 0 aliphatic carbocycles. The zero-order chi connectivity index (χ0) is 25.2. The summed E-state index contributed by atoms with van der Waals surface area (Å²) in [6.45, 7) is 2.44. The number of carbonyl (C=O) groups excluding carboxylic acids is 1. The number of ether oxygens (including phenoxy) is 2. The normalized spacial score (nSPS) is 17.6. The molecule has 2 aliphatic heterocycles. The Bertz CT molecular complexity index is 1440. The number of anilines is 1. The van der Waals surface area contributed by atoms with Crippen LogP contribution in [0.15, 0.2) is 96.1 Å². The van der Waals surface area contributed by atoms with Crippen LogP contribution in [0.3, 0.4) is 0 Å². The SMILES string of the molecule is COc1ccc(C2=NN(c3ccc(C(=O)N4CCOCC4)cc3)C(c3ccc4ccccc4c3)C2)cc1. The molecule has 6 nitrogen and oxygen atoms in total. The quantitative estimate of drug-likeness (QED) is 0.361. The molecule has 0 saturated carbocycles. The van der Waals surface area contributed by atoms with E-state index >= 15 is 0 Å². The van der Waals surface area contributed by atoms with Gasteiger partial charge in [0.25, 0.3) is 5.91 Å². The molecule has 2 heterocycles. The van der Waals surface area contributed by atoms with Gasteiger partial charge in [-0.15, -0.1) is 0 Å². The molecule has 6 rings (SSSR count). The first-order valence-corrected chi connectivity index (χ1v) is 12.7. The van der Waals surface area contributed by atoms with Crippen molar-refractivity contribution in [2.24, 2.45) is 5.10 Å². The van der Waals surface area contributed by atoms with Gasteiger partial charge in [-0.2, -0.15) is 5.10 Å². The number of benzene rings is 4. The topological polar surface area (TPSA) is 54.4 Å². The van der Waals surface area contributed by atoms with Crippen molar-refractivity contribution in [2.75, 3.05) is 38.4 Å². The summed E-state index contributed by atoms with van der Waals surface area (Å²) in [6, 6.07) is 31.0. The predicted molar refractivity (Wildman–Crippen MR) is 146 cm³/mol. The molecule has 4 aromatic rings. The van der Waals surface area contributed by atoms with Crippen molar-refractivity contribution in [3.05, 3.63) is 108 Å². The summed E-state index contributed by atoms with van der Waals surface area (Å²) in [4.78, 5) is 14.8. The predicted octanol–water partition coefficient (Wildman–Crippen LogP) is 5.68. The Morgan fingerprint density at radius 1 is 0.892 bits per heavy atom. The van der Waals surface area contributed by atoms with Crippen molar-refractivity contribution >= 4 is 28.1 Å². The molecule has 0 N–H and O–H groups in total. The Morgan fingerprint density at radius 3 is 2.35 bits per heavy atom. The number of rotatable bonds is 5. The van der Waals surface area contributed by atoms with Crippen LogP contribution in [0.1, 0.15) is 33.9 Å².